The van der Waals surface area contributed by atoms with Gasteiger partial charge < -0.3 is 10.1 Å². The van der Waals surface area contributed by atoms with Gasteiger partial charge in [0.15, 0.2) is 0 Å². The Morgan fingerprint density at radius 3 is 2.82 bits per heavy atom. The van der Waals surface area contributed by atoms with Crippen LogP contribution < -0.4 is 5.32 Å². The van der Waals surface area contributed by atoms with E-state index < -0.39 is 0 Å². The van der Waals surface area contributed by atoms with E-state index in [4.69, 9.17) is 10.00 Å². The fourth-order valence-electron chi connectivity index (χ4n) is 1.69. The summed E-state index contributed by atoms with van der Waals surface area (Å²) in [5.74, 6) is 0.650. The maximum absolute atomic E-state index is 9.10. The number of aryl methyl sites for hydroxylation is 2. The van der Waals surface area contributed by atoms with Gasteiger partial charge in [-0.05, 0) is 39.3 Å². The number of nitriles is 1. The second-order valence-electron chi connectivity index (χ2n) is 4.06. The van der Waals surface area contributed by atoms with Crippen LogP contribution in [-0.4, -0.2) is 24.2 Å². The molecule has 0 aromatic carbocycles. The third-order valence-corrected chi connectivity index (χ3v) is 2.46. The summed E-state index contributed by atoms with van der Waals surface area (Å²) in [5.41, 5.74) is 2.47. The molecule has 0 spiro atoms. The maximum atomic E-state index is 9.10. The van der Waals surface area contributed by atoms with Crippen molar-refractivity contribution in [3.05, 3.63) is 22.9 Å². The van der Waals surface area contributed by atoms with E-state index in [9.17, 15) is 0 Å². The lowest BCUT2D eigenvalue weighted by Gasteiger charge is -2.14. The van der Waals surface area contributed by atoms with Crippen LogP contribution in [0, 0.1) is 25.2 Å². The summed E-state index contributed by atoms with van der Waals surface area (Å²) in [6.07, 6.45) is 0.106. The van der Waals surface area contributed by atoms with Crippen molar-refractivity contribution in [2.24, 2.45) is 0 Å². The number of pyridine rings is 1. The molecule has 0 aliphatic heterocycles. The zero-order chi connectivity index (χ0) is 12.8. The number of ether oxygens (including phenoxy) is 1. The molecule has 1 N–H and O–H groups in total. The first-order valence-corrected chi connectivity index (χ1v) is 5.82. The van der Waals surface area contributed by atoms with Gasteiger partial charge in [-0.15, -0.1) is 0 Å². The molecule has 1 unspecified atom stereocenters. The van der Waals surface area contributed by atoms with E-state index in [1.807, 2.05) is 33.8 Å². The highest BCUT2D eigenvalue weighted by Crippen LogP contribution is 2.17. The minimum atomic E-state index is 0.106. The van der Waals surface area contributed by atoms with E-state index in [2.05, 4.69) is 16.4 Å². The van der Waals surface area contributed by atoms with Gasteiger partial charge in [-0.3, -0.25) is 0 Å². The Hall–Kier alpha value is -1.60. The Bertz CT molecular complexity index is 423. The molecule has 1 aromatic heterocycles. The molecule has 4 heteroatoms. The predicted octanol–water partition coefficient (Wildman–Crippen LogP) is 2.41. The van der Waals surface area contributed by atoms with Gasteiger partial charge in [-0.1, -0.05) is 0 Å². The molecule has 4 nitrogen and oxygen atoms in total. The lowest BCUT2D eigenvalue weighted by Crippen LogP contribution is -2.21. The van der Waals surface area contributed by atoms with Gasteiger partial charge in [-0.25, -0.2) is 4.98 Å². The highest BCUT2D eigenvalue weighted by Gasteiger charge is 2.09. The summed E-state index contributed by atoms with van der Waals surface area (Å²) in [7, 11) is 0. The number of aromatic nitrogens is 1. The molecule has 1 heterocycles. The van der Waals surface area contributed by atoms with Crippen molar-refractivity contribution < 1.29 is 4.74 Å². The molecule has 0 bridgehead atoms. The molecule has 0 saturated carbocycles. The molecule has 0 aliphatic carbocycles. The van der Waals surface area contributed by atoms with Crippen LogP contribution in [0.1, 0.15) is 30.7 Å². The highest BCUT2D eigenvalue weighted by molar-refractivity contribution is 5.56. The first kappa shape index (κ1) is 13.5. The second kappa shape index (κ2) is 6.21. The number of hydrogen-bond acceptors (Lipinski definition) is 4. The number of rotatable bonds is 5. The van der Waals surface area contributed by atoms with Crippen LogP contribution in [0.25, 0.3) is 0 Å². The summed E-state index contributed by atoms with van der Waals surface area (Å²) >= 11 is 0. The van der Waals surface area contributed by atoms with E-state index in [1.165, 1.54) is 0 Å². The zero-order valence-corrected chi connectivity index (χ0v) is 10.9. The van der Waals surface area contributed by atoms with Gasteiger partial charge in [-0.2, -0.15) is 5.26 Å². The van der Waals surface area contributed by atoms with Crippen molar-refractivity contribution in [1.82, 2.24) is 4.98 Å². The quantitative estimate of drug-likeness (QED) is 0.848. The van der Waals surface area contributed by atoms with Crippen molar-refractivity contribution in [1.29, 1.82) is 5.26 Å². The summed E-state index contributed by atoms with van der Waals surface area (Å²) in [6.45, 7) is 9.14. The largest absolute Gasteiger partial charge is 0.377 e. The van der Waals surface area contributed by atoms with E-state index in [0.29, 0.717) is 24.5 Å². The molecule has 1 rings (SSSR count). The Labute approximate surface area is 103 Å². The SMILES string of the molecule is CCOC(C)CNc1nc(C)cc(C)c1C#N. The van der Waals surface area contributed by atoms with E-state index >= 15 is 0 Å². The molecule has 1 aromatic rings. The first-order chi connectivity index (χ1) is 8.08. The molecule has 0 saturated heterocycles. The summed E-state index contributed by atoms with van der Waals surface area (Å²) in [6, 6.07) is 4.09. The highest BCUT2D eigenvalue weighted by atomic mass is 16.5. The number of nitrogens with one attached hydrogen (secondary N) is 1. The number of nitrogens with zero attached hydrogens (tertiary/aromatic N) is 2. The molecular formula is C13H19N3O. The van der Waals surface area contributed by atoms with Crippen LogP contribution >= 0.6 is 0 Å². The summed E-state index contributed by atoms with van der Waals surface area (Å²) in [4.78, 5) is 4.35. The van der Waals surface area contributed by atoms with Crippen molar-refractivity contribution >= 4 is 5.82 Å². The topological polar surface area (TPSA) is 57.9 Å². The van der Waals surface area contributed by atoms with Gasteiger partial charge in [0.25, 0.3) is 0 Å². The van der Waals surface area contributed by atoms with Crippen molar-refractivity contribution in [3.8, 4) is 6.07 Å². The molecule has 1 atom stereocenters. The standard InChI is InChI=1S/C13H19N3O/c1-5-17-11(4)8-15-13-12(7-14)9(2)6-10(3)16-13/h6,11H,5,8H2,1-4H3,(H,15,16). The molecule has 92 valence electrons. The van der Waals surface area contributed by atoms with Crippen LogP contribution in [0.3, 0.4) is 0 Å². The van der Waals surface area contributed by atoms with Gasteiger partial charge in [0.05, 0.1) is 11.7 Å². The predicted molar refractivity (Wildman–Crippen MR) is 68.0 cm³/mol. The van der Waals surface area contributed by atoms with Gasteiger partial charge in [0.2, 0.25) is 0 Å². The second-order valence-corrected chi connectivity index (χ2v) is 4.06. The molecule has 0 radical (unpaired) electrons. The van der Waals surface area contributed by atoms with E-state index in [1.54, 1.807) is 0 Å². The van der Waals surface area contributed by atoms with Crippen molar-refractivity contribution in [2.75, 3.05) is 18.5 Å². The normalized spacial score (nSPS) is 11.9. The van der Waals surface area contributed by atoms with Crippen LogP contribution in [-0.2, 0) is 4.74 Å². The van der Waals surface area contributed by atoms with Crippen LogP contribution in [0.2, 0.25) is 0 Å². The fraction of sp³-hybridized carbons (Fsp3) is 0.538. The Morgan fingerprint density at radius 1 is 1.53 bits per heavy atom. The fourth-order valence-corrected chi connectivity index (χ4v) is 1.69. The summed E-state index contributed by atoms with van der Waals surface area (Å²) < 4.78 is 5.42. The number of anilines is 1. The number of hydrogen-bond donors (Lipinski definition) is 1. The first-order valence-electron chi connectivity index (χ1n) is 5.82. The van der Waals surface area contributed by atoms with Gasteiger partial charge >= 0.3 is 0 Å². The van der Waals surface area contributed by atoms with Crippen molar-refractivity contribution in [2.45, 2.75) is 33.8 Å². The monoisotopic (exact) mass is 233 g/mol. The minimum Gasteiger partial charge on any atom is -0.377 e. The Morgan fingerprint density at radius 2 is 2.24 bits per heavy atom. The molecule has 17 heavy (non-hydrogen) atoms. The smallest absolute Gasteiger partial charge is 0.144 e. The third kappa shape index (κ3) is 3.72. The van der Waals surface area contributed by atoms with Crippen LogP contribution in [0.4, 0.5) is 5.82 Å². The van der Waals surface area contributed by atoms with Gasteiger partial charge in [0, 0.05) is 18.8 Å². The van der Waals surface area contributed by atoms with Gasteiger partial charge in [0.1, 0.15) is 11.9 Å². The average Bonchev–Trinajstić information content (AvgIpc) is 2.26. The Balaban J connectivity index is 2.80. The van der Waals surface area contributed by atoms with Crippen LogP contribution in [0.5, 0.6) is 0 Å². The van der Waals surface area contributed by atoms with E-state index in [-0.39, 0.29) is 6.10 Å². The third-order valence-electron chi connectivity index (χ3n) is 2.46. The average molecular weight is 233 g/mol. The maximum Gasteiger partial charge on any atom is 0.144 e. The molecule has 0 aliphatic rings. The molecule has 0 fully saturated rings. The summed E-state index contributed by atoms with van der Waals surface area (Å²) in [5, 5.41) is 12.3. The van der Waals surface area contributed by atoms with Crippen LogP contribution in [0.15, 0.2) is 6.07 Å². The van der Waals surface area contributed by atoms with Crippen molar-refractivity contribution in [3.63, 3.8) is 0 Å². The lowest BCUT2D eigenvalue weighted by molar-refractivity contribution is 0.0855. The Kier molecular flexibility index (Phi) is 4.92. The minimum absolute atomic E-state index is 0.106. The zero-order valence-electron chi connectivity index (χ0n) is 10.9. The van der Waals surface area contributed by atoms with E-state index in [0.717, 1.165) is 11.3 Å². The molecular weight excluding hydrogens is 214 g/mol. The lowest BCUT2D eigenvalue weighted by atomic mass is 10.1. The molecule has 0 amide bonds.